The highest BCUT2D eigenvalue weighted by molar-refractivity contribution is 6.30. The standard InChI is InChI=1S/C6H5ClO.C5H10O/c7-5-1-3-6(8)4-2-5;1-2-4-6-5-3-1/h1-4,8H;1-5H2. The minimum absolute atomic E-state index is 0.245. The van der Waals surface area contributed by atoms with E-state index in [1.54, 1.807) is 24.3 Å². The number of halogens is 1. The highest BCUT2D eigenvalue weighted by Crippen LogP contribution is 2.12. The van der Waals surface area contributed by atoms with E-state index >= 15 is 0 Å². The van der Waals surface area contributed by atoms with Gasteiger partial charge in [0.15, 0.2) is 0 Å². The maximum absolute atomic E-state index is 8.70. The molecule has 0 bridgehead atoms. The summed E-state index contributed by atoms with van der Waals surface area (Å²) in [6, 6.07) is 6.36. The molecule has 1 fully saturated rings. The lowest BCUT2D eigenvalue weighted by molar-refractivity contribution is 0.0968. The Morgan fingerprint density at radius 3 is 1.86 bits per heavy atom. The number of rotatable bonds is 0. The molecule has 1 aromatic rings. The quantitative estimate of drug-likeness (QED) is 0.719. The van der Waals surface area contributed by atoms with Crippen molar-refractivity contribution >= 4 is 11.6 Å². The van der Waals surface area contributed by atoms with Crippen molar-refractivity contribution in [2.24, 2.45) is 0 Å². The summed E-state index contributed by atoms with van der Waals surface area (Å²) in [4.78, 5) is 0. The van der Waals surface area contributed by atoms with Crippen LogP contribution in [-0.4, -0.2) is 18.3 Å². The first-order valence-electron chi connectivity index (χ1n) is 4.81. The largest absolute Gasteiger partial charge is 0.508 e. The number of hydrogen-bond donors (Lipinski definition) is 1. The molecule has 0 aromatic heterocycles. The molecule has 1 saturated heterocycles. The summed E-state index contributed by atoms with van der Waals surface area (Å²) in [5, 5.41) is 9.34. The zero-order chi connectivity index (χ0) is 10.2. The van der Waals surface area contributed by atoms with Gasteiger partial charge in [-0.3, -0.25) is 0 Å². The van der Waals surface area contributed by atoms with Gasteiger partial charge in [-0.2, -0.15) is 0 Å². The van der Waals surface area contributed by atoms with Crippen LogP contribution in [0.15, 0.2) is 24.3 Å². The average molecular weight is 215 g/mol. The van der Waals surface area contributed by atoms with Crippen LogP contribution >= 0.6 is 11.6 Å². The van der Waals surface area contributed by atoms with E-state index in [2.05, 4.69) is 0 Å². The number of hydrogen-bond acceptors (Lipinski definition) is 2. The normalized spacial score (nSPS) is 15.5. The molecule has 1 aliphatic heterocycles. The second kappa shape index (κ2) is 6.68. The van der Waals surface area contributed by atoms with Crippen molar-refractivity contribution in [1.82, 2.24) is 0 Å². The van der Waals surface area contributed by atoms with Gasteiger partial charge in [-0.1, -0.05) is 11.6 Å². The summed E-state index contributed by atoms with van der Waals surface area (Å²) in [6.07, 6.45) is 3.93. The smallest absolute Gasteiger partial charge is 0.115 e. The summed E-state index contributed by atoms with van der Waals surface area (Å²) >= 11 is 5.50. The van der Waals surface area contributed by atoms with Gasteiger partial charge in [0, 0.05) is 18.2 Å². The Kier molecular flexibility index (Phi) is 5.42. The van der Waals surface area contributed by atoms with E-state index in [-0.39, 0.29) is 5.75 Å². The molecule has 2 nitrogen and oxygen atoms in total. The molecule has 0 radical (unpaired) electrons. The third-order valence-electron chi connectivity index (χ3n) is 1.90. The molecule has 1 N–H and O–H groups in total. The van der Waals surface area contributed by atoms with Crippen molar-refractivity contribution in [2.75, 3.05) is 13.2 Å². The van der Waals surface area contributed by atoms with E-state index in [4.69, 9.17) is 21.4 Å². The van der Waals surface area contributed by atoms with E-state index in [9.17, 15) is 0 Å². The molecular weight excluding hydrogens is 200 g/mol. The minimum atomic E-state index is 0.245. The van der Waals surface area contributed by atoms with Crippen LogP contribution in [0.2, 0.25) is 5.02 Å². The fraction of sp³-hybridized carbons (Fsp3) is 0.455. The molecule has 1 aliphatic rings. The molecular formula is C11H15ClO2. The predicted molar refractivity (Wildman–Crippen MR) is 57.8 cm³/mol. The summed E-state index contributed by atoms with van der Waals surface area (Å²) in [5.74, 6) is 0.245. The van der Waals surface area contributed by atoms with E-state index < -0.39 is 0 Å². The van der Waals surface area contributed by atoms with Gasteiger partial charge in [-0.15, -0.1) is 0 Å². The second-order valence-electron chi connectivity index (χ2n) is 3.15. The minimum Gasteiger partial charge on any atom is -0.508 e. The van der Waals surface area contributed by atoms with Crippen LogP contribution in [0.1, 0.15) is 19.3 Å². The van der Waals surface area contributed by atoms with E-state index in [1.165, 1.54) is 19.3 Å². The zero-order valence-electron chi connectivity index (χ0n) is 8.08. The van der Waals surface area contributed by atoms with Crippen molar-refractivity contribution < 1.29 is 9.84 Å². The third kappa shape index (κ3) is 5.10. The summed E-state index contributed by atoms with van der Waals surface area (Å²) in [6.45, 7) is 2.00. The summed E-state index contributed by atoms with van der Waals surface area (Å²) < 4.78 is 5.07. The molecule has 3 heteroatoms. The first kappa shape index (κ1) is 11.3. The van der Waals surface area contributed by atoms with Crippen molar-refractivity contribution in [1.29, 1.82) is 0 Å². The lowest BCUT2D eigenvalue weighted by Gasteiger charge is -2.08. The molecule has 0 unspecified atom stereocenters. The van der Waals surface area contributed by atoms with Gasteiger partial charge < -0.3 is 9.84 Å². The van der Waals surface area contributed by atoms with Crippen LogP contribution in [0.5, 0.6) is 5.75 Å². The van der Waals surface area contributed by atoms with Crippen LogP contribution in [0.4, 0.5) is 0 Å². The van der Waals surface area contributed by atoms with Crippen molar-refractivity contribution in [3.8, 4) is 5.75 Å². The van der Waals surface area contributed by atoms with Gasteiger partial charge in [0.1, 0.15) is 5.75 Å². The Morgan fingerprint density at radius 2 is 1.57 bits per heavy atom. The average Bonchev–Trinajstić information content (AvgIpc) is 2.26. The first-order chi connectivity index (χ1) is 6.79. The van der Waals surface area contributed by atoms with Gasteiger partial charge in [0.2, 0.25) is 0 Å². The Hall–Kier alpha value is -0.730. The number of ether oxygens (including phenoxy) is 1. The van der Waals surface area contributed by atoms with Gasteiger partial charge in [0.05, 0.1) is 0 Å². The van der Waals surface area contributed by atoms with Crippen LogP contribution in [0.25, 0.3) is 0 Å². The van der Waals surface area contributed by atoms with E-state index in [1.807, 2.05) is 0 Å². The Bertz CT molecular complexity index is 209. The van der Waals surface area contributed by atoms with Gasteiger partial charge in [-0.25, -0.2) is 0 Å². The Morgan fingerprint density at radius 1 is 1.00 bits per heavy atom. The molecule has 0 aliphatic carbocycles. The van der Waals surface area contributed by atoms with E-state index in [0.717, 1.165) is 13.2 Å². The van der Waals surface area contributed by atoms with Crippen molar-refractivity contribution in [3.63, 3.8) is 0 Å². The number of phenols is 1. The third-order valence-corrected chi connectivity index (χ3v) is 2.16. The molecule has 1 aromatic carbocycles. The van der Waals surface area contributed by atoms with E-state index in [0.29, 0.717) is 5.02 Å². The predicted octanol–water partition coefficient (Wildman–Crippen LogP) is 3.23. The highest BCUT2D eigenvalue weighted by Gasteiger charge is 1.95. The molecule has 14 heavy (non-hydrogen) atoms. The van der Waals surface area contributed by atoms with Crippen molar-refractivity contribution in [2.45, 2.75) is 19.3 Å². The molecule has 0 amide bonds. The maximum Gasteiger partial charge on any atom is 0.115 e. The zero-order valence-corrected chi connectivity index (χ0v) is 8.83. The maximum atomic E-state index is 8.70. The van der Waals surface area contributed by atoms with Crippen molar-refractivity contribution in [3.05, 3.63) is 29.3 Å². The van der Waals surface area contributed by atoms with Gasteiger partial charge in [-0.05, 0) is 43.5 Å². The van der Waals surface area contributed by atoms with Crippen LogP contribution < -0.4 is 0 Å². The molecule has 0 saturated carbocycles. The topological polar surface area (TPSA) is 29.5 Å². The second-order valence-corrected chi connectivity index (χ2v) is 3.59. The Labute approximate surface area is 89.5 Å². The fourth-order valence-corrected chi connectivity index (χ4v) is 1.25. The number of phenolic OH excluding ortho intramolecular Hbond substituents is 1. The molecule has 78 valence electrons. The highest BCUT2D eigenvalue weighted by atomic mass is 35.5. The molecule has 2 rings (SSSR count). The molecule has 1 heterocycles. The van der Waals surface area contributed by atoms with Crippen LogP contribution in [-0.2, 0) is 4.74 Å². The SMILES string of the molecule is C1CCOCC1.Oc1ccc(Cl)cc1. The summed E-state index contributed by atoms with van der Waals surface area (Å²) in [7, 11) is 0. The molecule has 0 spiro atoms. The lowest BCUT2D eigenvalue weighted by Crippen LogP contribution is -2.03. The lowest BCUT2D eigenvalue weighted by atomic mass is 10.2. The summed E-state index contributed by atoms with van der Waals surface area (Å²) in [5.41, 5.74) is 0. The number of benzene rings is 1. The van der Waals surface area contributed by atoms with Crippen LogP contribution in [0, 0.1) is 0 Å². The fourth-order valence-electron chi connectivity index (χ4n) is 1.13. The van der Waals surface area contributed by atoms with Gasteiger partial charge >= 0.3 is 0 Å². The molecule has 0 atom stereocenters. The Balaban J connectivity index is 0.000000146. The van der Waals surface area contributed by atoms with Crippen LogP contribution in [0.3, 0.4) is 0 Å². The number of aromatic hydroxyl groups is 1. The van der Waals surface area contributed by atoms with Gasteiger partial charge in [0.25, 0.3) is 0 Å². The monoisotopic (exact) mass is 214 g/mol. The first-order valence-corrected chi connectivity index (χ1v) is 5.19.